The van der Waals surface area contributed by atoms with Crippen LogP contribution in [0.1, 0.15) is 15.9 Å². The van der Waals surface area contributed by atoms with Crippen LogP contribution in [-0.4, -0.2) is 29.3 Å². The van der Waals surface area contributed by atoms with E-state index in [2.05, 4.69) is 9.82 Å². The van der Waals surface area contributed by atoms with Crippen LogP contribution >= 0.6 is 23.2 Å². The highest BCUT2D eigenvalue weighted by Crippen LogP contribution is 2.26. The third-order valence-corrected chi connectivity index (χ3v) is 5.51. The van der Waals surface area contributed by atoms with Crippen LogP contribution in [0.4, 0.5) is 5.82 Å². The number of nitrogens with one attached hydrogen (secondary N) is 1. The minimum Gasteiger partial charge on any atom is -0.478 e. The first-order valence-corrected chi connectivity index (χ1v) is 9.83. The molecule has 0 bridgehead atoms. The number of rotatable bonds is 6. The fraction of sp³-hybridized carbons (Fsp3) is 0.0588. The van der Waals surface area contributed by atoms with Crippen LogP contribution in [0, 0.1) is 0 Å². The molecule has 0 amide bonds. The van der Waals surface area contributed by atoms with E-state index in [4.69, 9.17) is 23.2 Å². The van der Waals surface area contributed by atoms with E-state index >= 15 is 0 Å². The van der Waals surface area contributed by atoms with Crippen molar-refractivity contribution in [1.82, 2.24) is 9.78 Å². The van der Waals surface area contributed by atoms with Gasteiger partial charge in [-0.1, -0.05) is 53.5 Å². The first-order chi connectivity index (χ1) is 12.8. The Kier molecular flexibility index (Phi) is 5.41. The summed E-state index contributed by atoms with van der Waals surface area (Å²) in [7, 11) is -4.24. The highest BCUT2D eigenvalue weighted by molar-refractivity contribution is 7.92. The molecule has 0 fully saturated rings. The van der Waals surface area contributed by atoms with Crippen molar-refractivity contribution in [3.8, 4) is 0 Å². The summed E-state index contributed by atoms with van der Waals surface area (Å²) >= 11 is 11.8. The zero-order valence-corrected chi connectivity index (χ0v) is 16.0. The van der Waals surface area contributed by atoms with Crippen molar-refractivity contribution >= 4 is 45.0 Å². The smallest absolute Gasteiger partial charge is 0.337 e. The summed E-state index contributed by atoms with van der Waals surface area (Å²) in [5.74, 6) is -1.52. The number of benzene rings is 2. The number of carboxylic acid groups (broad SMARTS) is 1. The van der Waals surface area contributed by atoms with Crippen LogP contribution in [-0.2, 0) is 16.6 Å². The van der Waals surface area contributed by atoms with E-state index in [1.165, 1.54) is 16.9 Å². The lowest BCUT2D eigenvalue weighted by Gasteiger charge is -2.09. The van der Waals surface area contributed by atoms with Crippen LogP contribution in [0.3, 0.4) is 0 Å². The second-order valence-corrected chi connectivity index (χ2v) is 8.05. The molecule has 0 atom stereocenters. The summed E-state index contributed by atoms with van der Waals surface area (Å²) < 4.78 is 29.0. The Labute approximate surface area is 165 Å². The molecule has 7 nitrogen and oxygen atoms in total. The highest BCUT2D eigenvalue weighted by atomic mass is 35.5. The quantitative estimate of drug-likeness (QED) is 0.626. The van der Waals surface area contributed by atoms with Gasteiger partial charge in [0.2, 0.25) is 0 Å². The third-order valence-electron chi connectivity index (χ3n) is 3.60. The van der Waals surface area contributed by atoms with E-state index in [0.717, 1.165) is 17.7 Å². The topological polar surface area (TPSA) is 101 Å². The zero-order chi connectivity index (χ0) is 19.6. The maximum atomic E-state index is 12.6. The van der Waals surface area contributed by atoms with E-state index in [-0.39, 0.29) is 15.9 Å². The van der Waals surface area contributed by atoms with E-state index < -0.39 is 26.5 Å². The van der Waals surface area contributed by atoms with Crippen molar-refractivity contribution in [3.05, 3.63) is 75.9 Å². The lowest BCUT2D eigenvalue weighted by Crippen LogP contribution is -2.17. The van der Waals surface area contributed by atoms with Crippen molar-refractivity contribution in [2.75, 3.05) is 4.72 Å². The average Bonchev–Trinajstić information content (AvgIpc) is 2.93. The molecule has 0 aliphatic carbocycles. The van der Waals surface area contributed by atoms with Crippen LogP contribution in [0.5, 0.6) is 0 Å². The third kappa shape index (κ3) is 4.41. The van der Waals surface area contributed by atoms with Gasteiger partial charge in [-0.3, -0.25) is 9.40 Å². The molecule has 27 heavy (non-hydrogen) atoms. The maximum absolute atomic E-state index is 12.6. The number of sulfonamides is 1. The first kappa shape index (κ1) is 19.2. The second-order valence-electron chi connectivity index (χ2n) is 5.56. The molecule has 0 saturated carbocycles. The Balaban J connectivity index is 1.90. The summed E-state index contributed by atoms with van der Waals surface area (Å²) in [6.07, 6.45) is 1.48. The van der Waals surface area contributed by atoms with Gasteiger partial charge < -0.3 is 5.11 Å². The molecule has 140 valence electrons. The molecule has 0 aliphatic rings. The molecule has 10 heteroatoms. The van der Waals surface area contributed by atoms with E-state index in [1.807, 2.05) is 30.3 Å². The van der Waals surface area contributed by atoms with Crippen LogP contribution in [0.2, 0.25) is 10.0 Å². The van der Waals surface area contributed by atoms with Crippen LogP contribution in [0.15, 0.2) is 59.6 Å². The van der Waals surface area contributed by atoms with Crippen molar-refractivity contribution in [1.29, 1.82) is 0 Å². The molecule has 0 unspecified atom stereocenters. The highest BCUT2D eigenvalue weighted by Gasteiger charge is 2.24. The Morgan fingerprint density at radius 1 is 1.15 bits per heavy atom. The number of hydrogen-bond donors (Lipinski definition) is 2. The molecule has 3 aromatic rings. The fourth-order valence-corrected chi connectivity index (χ4v) is 4.03. The number of hydrogen-bond acceptors (Lipinski definition) is 4. The number of halogens is 2. The summed E-state index contributed by atoms with van der Waals surface area (Å²) in [6.45, 7) is 0.392. The molecule has 2 aromatic carbocycles. The Morgan fingerprint density at radius 2 is 1.85 bits per heavy atom. The maximum Gasteiger partial charge on any atom is 0.337 e. The van der Waals surface area contributed by atoms with Crippen molar-refractivity contribution in [3.63, 3.8) is 0 Å². The summed E-state index contributed by atoms with van der Waals surface area (Å²) in [4.78, 5) is 10.9. The number of carboxylic acids is 1. The van der Waals surface area contributed by atoms with Gasteiger partial charge in [-0.15, -0.1) is 0 Å². The Bertz CT molecular complexity index is 1100. The lowest BCUT2D eigenvalue weighted by atomic mass is 10.2. The molecule has 1 aromatic heterocycles. The molecular formula is C17H13Cl2N3O4S. The molecule has 3 rings (SSSR count). The van der Waals surface area contributed by atoms with E-state index in [0.29, 0.717) is 6.54 Å². The monoisotopic (exact) mass is 425 g/mol. The molecule has 0 radical (unpaired) electrons. The number of aromatic carboxylic acids is 1. The van der Waals surface area contributed by atoms with E-state index in [9.17, 15) is 18.3 Å². The van der Waals surface area contributed by atoms with Crippen LogP contribution < -0.4 is 4.72 Å². The van der Waals surface area contributed by atoms with Gasteiger partial charge in [-0.2, -0.15) is 5.10 Å². The second kappa shape index (κ2) is 7.59. The minimum atomic E-state index is -4.24. The predicted molar refractivity (Wildman–Crippen MR) is 102 cm³/mol. The summed E-state index contributed by atoms with van der Waals surface area (Å²) in [6, 6.07) is 12.9. The molecular weight excluding hydrogens is 413 g/mol. The van der Waals surface area contributed by atoms with Gasteiger partial charge in [0.05, 0.1) is 12.1 Å². The van der Waals surface area contributed by atoms with Gasteiger partial charge in [0.1, 0.15) is 9.92 Å². The number of carbonyl (C=O) groups is 1. The standard InChI is InChI=1S/C17H13Cl2N3O4S/c18-12-6-7-15(13(8-12)17(23)24)27(25,26)21-16-14(19)10-22(20-16)9-11-4-2-1-3-5-11/h1-8,10H,9H2,(H,20,21)(H,23,24). The van der Waals surface area contributed by atoms with Crippen molar-refractivity contribution in [2.45, 2.75) is 11.4 Å². The van der Waals surface area contributed by atoms with Gasteiger partial charge in [0, 0.05) is 11.2 Å². The number of anilines is 1. The summed E-state index contributed by atoms with van der Waals surface area (Å²) in [5, 5.41) is 13.6. The predicted octanol–water partition coefficient (Wildman–Crippen LogP) is 3.74. The first-order valence-electron chi connectivity index (χ1n) is 7.59. The summed E-state index contributed by atoms with van der Waals surface area (Å²) in [5.41, 5.74) is 0.506. The SMILES string of the molecule is O=C(O)c1cc(Cl)ccc1S(=O)(=O)Nc1nn(Cc2ccccc2)cc1Cl. The molecule has 1 heterocycles. The van der Waals surface area contributed by atoms with Crippen molar-refractivity contribution < 1.29 is 18.3 Å². The Morgan fingerprint density at radius 3 is 2.52 bits per heavy atom. The van der Waals surface area contributed by atoms with Gasteiger partial charge in [0.25, 0.3) is 10.0 Å². The van der Waals surface area contributed by atoms with Crippen molar-refractivity contribution in [2.24, 2.45) is 0 Å². The minimum absolute atomic E-state index is 0.0837. The Hall–Kier alpha value is -2.55. The van der Waals surface area contributed by atoms with Gasteiger partial charge in [0.15, 0.2) is 5.82 Å². The molecule has 0 spiro atoms. The van der Waals surface area contributed by atoms with E-state index in [1.54, 1.807) is 0 Å². The van der Waals surface area contributed by atoms with Gasteiger partial charge >= 0.3 is 5.97 Å². The number of aromatic nitrogens is 2. The zero-order valence-electron chi connectivity index (χ0n) is 13.6. The average molecular weight is 426 g/mol. The van der Waals surface area contributed by atoms with Gasteiger partial charge in [-0.25, -0.2) is 13.2 Å². The lowest BCUT2D eigenvalue weighted by molar-refractivity contribution is 0.0692. The number of nitrogens with zero attached hydrogens (tertiary/aromatic N) is 2. The molecule has 0 saturated heterocycles. The molecule has 0 aliphatic heterocycles. The normalized spacial score (nSPS) is 11.3. The molecule has 2 N–H and O–H groups in total. The fourth-order valence-electron chi connectivity index (χ4n) is 2.40. The van der Waals surface area contributed by atoms with Gasteiger partial charge in [-0.05, 0) is 23.8 Å². The van der Waals surface area contributed by atoms with Crippen LogP contribution in [0.25, 0.3) is 0 Å². The largest absolute Gasteiger partial charge is 0.478 e.